The van der Waals surface area contributed by atoms with Crippen LogP contribution in [-0.2, 0) is 14.3 Å². The number of aliphatic carboxylic acids is 1. The molecule has 1 saturated carbocycles. The number of nitrogens with one attached hydrogen (secondary N) is 1. The summed E-state index contributed by atoms with van der Waals surface area (Å²) < 4.78 is 5.54. The second kappa shape index (κ2) is 8.25. The van der Waals surface area contributed by atoms with Crippen LogP contribution in [0.25, 0.3) is 0 Å². The molecule has 0 radical (unpaired) electrons. The molecule has 0 aromatic heterocycles. The van der Waals surface area contributed by atoms with Crippen molar-refractivity contribution < 1.29 is 19.4 Å². The first-order chi connectivity index (χ1) is 9.18. The first-order valence-electron chi connectivity index (χ1n) is 7.20. The van der Waals surface area contributed by atoms with Gasteiger partial charge in [0.15, 0.2) is 0 Å². The Bertz CT molecular complexity index is 328. The fraction of sp³-hybridized carbons (Fsp3) is 0.867. The van der Waals surface area contributed by atoms with Gasteiger partial charge in [0.2, 0.25) is 0 Å². The normalized spacial score (nSPS) is 24.2. The van der Waals surface area contributed by atoms with Crippen molar-refractivity contribution in [3.05, 3.63) is 0 Å². The number of esters is 1. The van der Waals surface area contributed by atoms with Gasteiger partial charge in [-0.2, -0.15) is 0 Å². The van der Waals surface area contributed by atoms with E-state index in [1.807, 2.05) is 21.0 Å². The van der Waals surface area contributed by atoms with E-state index in [9.17, 15) is 9.59 Å². The second-order valence-electron chi connectivity index (χ2n) is 6.19. The lowest BCUT2D eigenvalue weighted by Crippen LogP contribution is -2.48. The largest absolute Gasteiger partial charge is 0.481 e. The van der Waals surface area contributed by atoms with Gasteiger partial charge in [-0.05, 0) is 40.3 Å². The summed E-state index contributed by atoms with van der Waals surface area (Å²) in [7, 11) is 3.75. The van der Waals surface area contributed by atoms with Crippen LogP contribution in [0.15, 0.2) is 0 Å². The SMILES string of the molecule is CC1(C)CCCCC1(C)OC(=O)CCC(=O)O.CNC. The molecular formula is C15H29NO4. The zero-order valence-electron chi connectivity index (χ0n) is 13.4. The molecule has 20 heavy (non-hydrogen) atoms. The molecule has 5 nitrogen and oxygen atoms in total. The molecule has 0 aromatic carbocycles. The molecule has 0 aromatic rings. The molecule has 1 aliphatic carbocycles. The Morgan fingerprint density at radius 1 is 1.10 bits per heavy atom. The predicted octanol–water partition coefficient (Wildman–Crippen LogP) is 2.59. The van der Waals surface area contributed by atoms with Gasteiger partial charge in [-0.1, -0.05) is 20.3 Å². The first-order valence-corrected chi connectivity index (χ1v) is 7.20. The quantitative estimate of drug-likeness (QED) is 0.777. The van der Waals surface area contributed by atoms with Crippen molar-refractivity contribution in [3.63, 3.8) is 0 Å². The highest BCUT2D eigenvalue weighted by atomic mass is 16.6. The monoisotopic (exact) mass is 287 g/mol. The van der Waals surface area contributed by atoms with E-state index in [0.717, 1.165) is 25.7 Å². The van der Waals surface area contributed by atoms with Gasteiger partial charge in [-0.25, -0.2) is 0 Å². The predicted molar refractivity (Wildman–Crippen MR) is 78.6 cm³/mol. The van der Waals surface area contributed by atoms with Crippen molar-refractivity contribution in [1.29, 1.82) is 0 Å². The minimum atomic E-state index is -0.963. The van der Waals surface area contributed by atoms with Gasteiger partial charge in [0, 0.05) is 5.41 Å². The standard InChI is InChI=1S/C13H22O4.C2H7N/c1-12(2)8-4-5-9-13(12,3)17-11(16)7-6-10(14)15;1-3-2/h4-9H2,1-3H3,(H,14,15);3H,1-2H3. The van der Waals surface area contributed by atoms with Crippen LogP contribution in [0.1, 0.15) is 59.3 Å². The Kier molecular flexibility index (Phi) is 7.79. The summed E-state index contributed by atoms with van der Waals surface area (Å²) in [6.45, 7) is 6.18. The molecule has 0 bridgehead atoms. The van der Waals surface area contributed by atoms with E-state index < -0.39 is 17.5 Å². The fourth-order valence-electron chi connectivity index (χ4n) is 2.33. The summed E-state index contributed by atoms with van der Waals surface area (Å²) in [5.41, 5.74) is -0.495. The number of carboxylic acids is 1. The lowest BCUT2D eigenvalue weighted by Gasteiger charge is -2.47. The number of ether oxygens (including phenoxy) is 1. The van der Waals surface area contributed by atoms with E-state index in [2.05, 4.69) is 19.2 Å². The number of hydrogen-bond acceptors (Lipinski definition) is 4. The van der Waals surface area contributed by atoms with Crippen molar-refractivity contribution in [2.24, 2.45) is 5.41 Å². The molecular weight excluding hydrogens is 258 g/mol. The van der Waals surface area contributed by atoms with E-state index in [1.165, 1.54) is 0 Å². The van der Waals surface area contributed by atoms with Gasteiger partial charge in [-0.15, -0.1) is 0 Å². The lowest BCUT2D eigenvalue weighted by molar-refractivity contribution is -0.178. The topological polar surface area (TPSA) is 75.6 Å². The summed E-state index contributed by atoms with van der Waals surface area (Å²) in [5.74, 6) is -1.36. The van der Waals surface area contributed by atoms with Crippen LogP contribution in [0, 0.1) is 5.41 Å². The highest BCUT2D eigenvalue weighted by Gasteiger charge is 2.45. The Morgan fingerprint density at radius 3 is 2.05 bits per heavy atom. The third-order valence-electron chi connectivity index (χ3n) is 4.02. The maximum Gasteiger partial charge on any atom is 0.306 e. The molecule has 0 aliphatic heterocycles. The van der Waals surface area contributed by atoms with E-state index in [4.69, 9.17) is 9.84 Å². The average molecular weight is 287 g/mol. The van der Waals surface area contributed by atoms with Crippen LogP contribution < -0.4 is 5.32 Å². The van der Waals surface area contributed by atoms with Crippen molar-refractivity contribution >= 4 is 11.9 Å². The van der Waals surface area contributed by atoms with Crippen molar-refractivity contribution in [2.45, 2.75) is 64.9 Å². The highest BCUT2D eigenvalue weighted by Crippen LogP contribution is 2.46. The van der Waals surface area contributed by atoms with Crippen molar-refractivity contribution in [3.8, 4) is 0 Å². The molecule has 1 fully saturated rings. The van der Waals surface area contributed by atoms with Gasteiger partial charge in [-0.3, -0.25) is 9.59 Å². The van der Waals surface area contributed by atoms with E-state index in [1.54, 1.807) is 0 Å². The lowest BCUT2D eigenvalue weighted by atomic mass is 9.66. The van der Waals surface area contributed by atoms with Gasteiger partial charge >= 0.3 is 11.9 Å². The van der Waals surface area contributed by atoms with Crippen LogP contribution in [0.3, 0.4) is 0 Å². The Morgan fingerprint density at radius 2 is 1.60 bits per heavy atom. The zero-order chi connectivity index (χ0) is 15.8. The second-order valence-corrected chi connectivity index (χ2v) is 6.19. The minimum Gasteiger partial charge on any atom is -0.481 e. The summed E-state index contributed by atoms with van der Waals surface area (Å²) in [6, 6.07) is 0. The number of carboxylic acid groups (broad SMARTS) is 1. The Balaban J connectivity index is 0.00000110. The summed E-state index contributed by atoms with van der Waals surface area (Å²) in [5, 5.41) is 11.3. The number of rotatable bonds is 4. The van der Waals surface area contributed by atoms with Crippen LogP contribution in [0.5, 0.6) is 0 Å². The zero-order valence-corrected chi connectivity index (χ0v) is 13.4. The highest BCUT2D eigenvalue weighted by molar-refractivity contribution is 5.76. The smallest absolute Gasteiger partial charge is 0.306 e. The maximum absolute atomic E-state index is 11.6. The van der Waals surface area contributed by atoms with Crippen LogP contribution >= 0.6 is 0 Å². The third-order valence-corrected chi connectivity index (χ3v) is 4.02. The molecule has 1 rings (SSSR count). The Hall–Kier alpha value is -1.10. The van der Waals surface area contributed by atoms with Gasteiger partial charge in [0.25, 0.3) is 0 Å². The molecule has 2 N–H and O–H groups in total. The summed E-state index contributed by atoms with van der Waals surface area (Å²) in [4.78, 5) is 22.0. The van der Waals surface area contributed by atoms with Crippen molar-refractivity contribution in [2.75, 3.05) is 14.1 Å². The number of carbonyl (C=O) groups is 2. The van der Waals surface area contributed by atoms with E-state index in [-0.39, 0.29) is 18.3 Å². The number of carbonyl (C=O) groups excluding carboxylic acids is 1. The third kappa shape index (κ3) is 5.90. The molecule has 0 saturated heterocycles. The fourth-order valence-corrected chi connectivity index (χ4v) is 2.33. The van der Waals surface area contributed by atoms with E-state index >= 15 is 0 Å². The molecule has 0 heterocycles. The molecule has 1 unspecified atom stereocenters. The van der Waals surface area contributed by atoms with Crippen molar-refractivity contribution in [1.82, 2.24) is 5.32 Å². The molecule has 5 heteroatoms. The molecule has 0 spiro atoms. The summed E-state index contributed by atoms with van der Waals surface area (Å²) in [6.07, 6.45) is 3.92. The van der Waals surface area contributed by atoms with Gasteiger partial charge in [0.1, 0.15) is 5.60 Å². The van der Waals surface area contributed by atoms with Gasteiger partial charge in [0.05, 0.1) is 12.8 Å². The van der Waals surface area contributed by atoms with E-state index in [0.29, 0.717) is 0 Å². The van der Waals surface area contributed by atoms with Crippen LogP contribution in [0.4, 0.5) is 0 Å². The summed E-state index contributed by atoms with van der Waals surface area (Å²) >= 11 is 0. The first kappa shape index (κ1) is 18.9. The minimum absolute atomic E-state index is 0.0376. The van der Waals surface area contributed by atoms with Crippen LogP contribution in [-0.4, -0.2) is 36.7 Å². The molecule has 118 valence electrons. The van der Waals surface area contributed by atoms with Crippen LogP contribution in [0.2, 0.25) is 0 Å². The molecule has 0 amide bonds. The Labute approximate surface area is 122 Å². The van der Waals surface area contributed by atoms with Gasteiger partial charge < -0.3 is 15.2 Å². The average Bonchev–Trinajstić information content (AvgIpc) is 2.32. The molecule has 1 atom stereocenters. The number of hydrogen-bond donors (Lipinski definition) is 2. The maximum atomic E-state index is 11.6. The molecule has 1 aliphatic rings.